The van der Waals surface area contributed by atoms with Gasteiger partial charge in [0.1, 0.15) is 0 Å². The zero-order valence-corrected chi connectivity index (χ0v) is 5.48. The van der Waals surface area contributed by atoms with Crippen molar-refractivity contribution in [3.63, 3.8) is 0 Å². The topological polar surface area (TPSA) is 24.1 Å². The van der Waals surface area contributed by atoms with Crippen molar-refractivity contribution in [2.24, 2.45) is 5.92 Å². The summed E-state index contributed by atoms with van der Waals surface area (Å²) in [6.45, 7) is 4.88. The van der Waals surface area contributed by atoms with Crippen LogP contribution in [-0.4, -0.2) is 12.6 Å². The van der Waals surface area contributed by atoms with Crippen molar-refractivity contribution < 1.29 is 0 Å². The molecule has 2 fully saturated rings. The minimum atomic E-state index is 0.692. The quantitative estimate of drug-likeness (QED) is 0.529. The second-order valence-electron chi connectivity index (χ2n) is 2.95. The predicted octanol–water partition coefficient (Wildman–Crippen LogP) is 0.429. The molecule has 50 valence electrons. The summed E-state index contributed by atoms with van der Waals surface area (Å²) in [7, 11) is 0. The van der Waals surface area contributed by atoms with Crippen LogP contribution in [0.4, 0.5) is 0 Å². The largest absolute Gasteiger partial charge is 0.370 e. The van der Waals surface area contributed by atoms with Crippen LogP contribution in [0.2, 0.25) is 0 Å². The van der Waals surface area contributed by atoms with E-state index in [0.29, 0.717) is 6.04 Å². The lowest BCUT2D eigenvalue weighted by atomic mass is 10.2. The molecule has 2 rings (SSSR count). The average molecular weight is 124 g/mol. The summed E-state index contributed by atoms with van der Waals surface area (Å²) in [4.78, 5) is 0. The standard InChI is InChI=1S/C7H12N2/c1-5-8-4-7(9-5)6-2-3-6/h6-9H,1-4H2. The fraction of sp³-hybridized carbons (Fsp3) is 0.714. The van der Waals surface area contributed by atoms with Crippen molar-refractivity contribution in [3.05, 3.63) is 12.4 Å². The highest BCUT2D eigenvalue weighted by Crippen LogP contribution is 2.33. The van der Waals surface area contributed by atoms with Gasteiger partial charge in [0.2, 0.25) is 0 Å². The van der Waals surface area contributed by atoms with E-state index in [1.54, 1.807) is 0 Å². The number of hydrogen-bond acceptors (Lipinski definition) is 2. The normalized spacial score (nSPS) is 33.8. The van der Waals surface area contributed by atoms with E-state index in [1.807, 2.05) is 0 Å². The Morgan fingerprint density at radius 1 is 1.44 bits per heavy atom. The summed E-state index contributed by atoms with van der Waals surface area (Å²) in [5, 5.41) is 6.50. The van der Waals surface area contributed by atoms with Crippen molar-refractivity contribution in [3.8, 4) is 0 Å². The van der Waals surface area contributed by atoms with Crippen LogP contribution in [0.3, 0.4) is 0 Å². The van der Waals surface area contributed by atoms with Crippen LogP contribution in [-0.2, 0) is 0 Å². The molecule has 1 atom stereocenters. The number of nitrogens with one attached hydrogen (secondary N) is 2. The lowest BCUT2D eigenvalue weighted by Crippen LogP contribution is -2.24. The Bertz CT molecular complexity index is 138. The fourth-order valence-corrected chi connectivity index (χ4v) is 1.34. The smallest absolute Gasteiger partial charge is 0.0915 e. The van der Waals surface area contributed by atoms with Gasteiger partial charge < -0.3 is 10.6 Å². The Kier molecular flexibility index (Phi) is 0.949. The van der Waals surface area contributed by atoms with Crippen molar-refractivity contribution >= 4 is 0 Å². The van der Waals surface area contributed by atoms with Crippen LogP contribution >= 0.6 is 0 Å². The van der Waals surface area contributed by atoms with Gasteiger partial charge in [-0.3, -0.25) is 0 Å². The van der Waals surface area contributed by atoms with Crippen LogP contribution in [0.5, 0.6) is 0 Å². The van der Waals surface area contributed by atoms with E-state index in [0.717, 1.165) is 18.3 Å². The van der Waals surface area contributed by atoms with E-state index in [9.17, 15) is 0 Å². The first-order chi connectivity index (χ1) is 4.36. The van der Waals surface area contributed by atoms with Gasteiger partial charge in [-0.25, -0.2) is 0 Å². The van der Waals surface area contributed by atoms with Crippen molar-refractivity contribution in [2.45, 2.75) is 18.9 Å². The molecule has 0 aromatic carbocycles. The lowest BCUT2D eigenvalue weighted by molar-refractivity contribution is 0.574. The summed E-state index contributed by atoms with van der Waals surface area (Å²) in [5.41, 5.74) is 0. The molecule has 2 nitrogen and oxygen atoms in total. The summed E-state index contributed by atoms with van der Waals surface area (Å²) in [5.74, 6) is 1.95. The monoisotopic (exact) mass is 124 g/mol. The highest BCUT2D eigenvalue weighted by Gasteiger charge is 2.33. The third kappa shape index (κ3) is 0.889. The molecular weight excluding hydrogens is 112 g/mol. The van der Waals surface area contributed by atoms with Crippen LogP contribution in [0.25, 0.3) is 0 Å². The SMILES string of the molecule is C=C1NCC(C2CC2)N1. The molecule has 1 saturated heterocycles. The molecule has 2 aliphatic rings. The first kappa shape index (κ1) is 5.15. The molecule has 1 heterocycles. The fourth-order valence-electron chi connectivity index (χ4n) is 1.34. The maximum atomic E-state index is 3.79. The molecule has 1 aliphatic carbocycles. The van der Waals surface area contributed by atoms with Gasteiger partial charge in [-0.2, -0.15) is 0 Å². The Hall–Kier alpha value is -0.660. The van der Waals surface area contributed by atoms with Gasteiger partial charge in [0, 0.05) is 12.6 Å². The zero-order chi connectivity index (χ0) is 6.27. The third-order valence-corrected chi connectivity index (χ3v) is 2.09. The van der Waals surface area contributed by atoms with Crippen molar-refractivity contribution in [2.75, 3.05) is 6.54 Å². The van der Waals surface area contributed by atoms with E-state index in [2.05, 4.69) is 17.2 Å². The average Bonchev–Trinajstić information content (AvgIpc) is 2.58. The van der Waals surface area contributed by atoms with E-state index < -0.39 is 0 Å². The van der Waals surface area contributed by atoms with Gasteiger partial charge in [0.25, 0.3) is 0 Å². The van der Waals surface area contributed by atoms with Crippen LogP contribution in [0.15, 0.2) is 12.4 Å². The molecule has 2 heteroatoms. The second-order valence-corrected chi connectivity index (χ2v) is 2.95. The molecule has 9 heavy (non-hydrogen) atoms. The van der Waals surface area contributed by atoms with Gasteiger partial charge >= 0.3 is 0 Å². The van der Waals surface area contributed by atoms with E-state index in [-0.39, 0.29) is 0 Å². The number of rotatable bonds is 1. The predicted molar refractivity (Wildman–Crippen MR) is 36.8 cm³/mol. The van der Waals surface area contributed by atoms with Gasteiger partial charge in [-0.05, 0) is 18.8 Å². The summed E-state index contributed by atoms with van der Waals surface area (Å²) >= 11 is 0. The molecule has 1 unspecified atom stereocenters. The van der Waals surface area contributed by atoms with Crippen molar-refractivity contribution in [1.82, 2.24) is 10.6 Å². The first-order valence-electron chi connectivity index (χ1n) is 3.55. The second kappa shape index (κ2) is 1.66. The first-order valence-corrected chi connectivity index (χ1v) is 3.55. The van der Waals surface area contributed by atoms with Crippen LogP contribution in [0.1, 0.15) is 12.8 Å². The summed E-state index contributed by atoms with van der Waals surface area (Å²) in [6, 6.07) is 0.692. The van der Waals surface area contributed by atoms with Crippen molar-refractivity contribution in [1.29, 1.82) is 0 Å². The van der Waals surface area contributed by atoms with Gasteiger partial charge in [-0.1, -0.05) is 6.58 Å². The Morgan fingerprint density at radius 3 is 2.67 bits per heavy atom. The van der Waals surface area contributed by atoms with Crippen LogP contribution < -0.4 is 10.6 Å². The van der Waals surface area contributed by atoms with E-state index >= 15 is 0 Å². The molecule has 2 N–H and O–H groups in total. The minimum absolute atomic E-state index is 0.692. The molecule has 0 spiro atoms. The molecule has 1 aliphatic heterocycles. The van der Waals surface area contributed by atoms with Gasteiger partial charge in [0.05, 0.1) is 5.82 Å². The molecule has 0 bridgehead atoms. The highest BCUT2D eigenvalue weighted by atomic mass is 15.2. The van der Waals surface area contributed by atoms with E-state index in [4.69, 9.17) is 0 Å². The summed E-state index contributed by atoms with van der Waals surface area (Å²) in [6.07, 6.45) is 2.82. The minimum Gasteiger partial charge on any atom is -0.370 e. The molecule has 0 aromatic heterocycles. The number of hydrogen-bond donors (Lipinski definition) is 2. The Morgan fingerprint density at radius 2 is 2.22 bits per heavy atom. The van der Waals surface area contributed by atoms with Gasteiger partial charge in [-0.15, -0.1) is 0 Å². The molecule has 0 radical (unpaired) electrons. The Balaban J connectivity index is 1.92. The van der Waals surface area contributed by atoms with E-state index in [1.165, 1.54) is 12.8 Å². The molecule has 1 saturated carbocycles. The molecule has 0 aromatic rings. The lowest BCUT2D eigenvalue weighted by Gasteiger charge is -2.04. The third-order valence-electron chi connectivity index (χ3n) is 2.09. The molecular formula is C7H12N2. The Labute approximate surface area is 55.3 Å². The molecule has 0 amide bonds. The maximum absolute atomic E-state index is 3.79. The highest BCUT2D eigenvalue weighted by molar-refractivity contribution is 5.04. The van der Waals surface area contributed by atoms with Crippen LogP contribution in [0, 0.1) is 5.92 Å². The zero-order valence-electron chi connectivity index (χ0n) is 5.48. The maximum Gasteiger partial charge on any atom is 0.0915 e. The summed E-state index contributed by atoms with van der Waals surface area (Å²) < 4.78 is 0. The van der Waals surface area contributed by atoms with Gasteiger partial charge in [0.15, 0.2) is 0 Å².